The van der Waals surface area contributed by atoms with Gasteiger partial charge in [0.1, 0.15) is 5.75 Å². The molecule has 0 atom stereocenters. The largest absolute Gasteiger partial charge is 0.492 e. The van der Waals surface area contributed by atoms with Crippen LogP contribution >= 0.6 is 11.8 Å². The minimum atomic E-state index is -0.952. The summed E-state index contributed by atoms with van der Waals surface area (Å²) in [6.07, 6.45) is 1.48. The van der Waals surface area contributed by atoms with Crippen LogP contribution in [0.1, 0.15) is 23.1 Å². The number of imide groups is 1. The van der Waals surface area contributed by atoms with E-state index in [9.17, 15) is 14.4 Å². The predicted molar refractivity (Wildman–Crippen MR) is 109 cm³/mol. The van der Waals surface area contributed by atoms with Crippen molar-refractivity contribution >= 4 is 40.6 Å². The second-order valence-electron chi connectivity index (χ2n) is 6.27. The first-order chi connectivity index (χ1) is 13.4. The molecule has 0 bridgehead atoms. The number of benzene rings is 2. The number of amides is 2. The third-order valence-corrected chi connectivity index (χ3v) is 5.26. The standard InChI is InChI=1S/C21H19NO5S/c1-13-6-5-8-16(14(13)2)22-20(25)18(28-21(22)26)12-15-7-3-4-9-17(15)27-11-10-19(23)24/h3-9,12H,10-11H2,1-2H3,(H,23,24)/b18-12+. The number of ether oxygens (including phenoxy) is 1. The van der Waals surface area contributed by atoms with Crippen molar-refractivity contribution in [1.29, 1.82) is 0 Å². The van der Waals surface area contributed by atoms with Crippen molar-refractivity contribution in [3.05, 3.63) is 64.1 Å². The molecular weight excluding hydrogens is 378 g/mol. The first kappa shape index (κ1) is 19.7. The third-order valence-electron chi connectivity index (χ3n) is 4.39. The summed E-state index contributed by atoms with van der Waals surface area (Å²) < 4.78 is 5.52. The molecule has 3 rings (SSSR count). The average molecular weight is 397 g/mol. The molecule has 1 saturated heterocycles. The Labute approximate surface area is 166 Å². The van der Waals surface area contributed by atoms with Gasteiger partial charge < -0.3 is 9.84 Å². The summed E-state index contributed by atoms with van der Waals surface area (Å²) in [6, 6.07) is 12.5. The predicted octanol–water partition coefficient (Wildman–Crippen LogP) is 4.40. The van der Waals surface area contributed by atoms with Crippen LogP contribution in [0.2, 0.25) is 0 Å². The summed E-state index contributed by atoms with van der Waals surface area (Å²) in [4.78, 5) is 37.6. The van der Waals surface area contributed by atoms with Gasteiger partial charge in [0, 0.05) is 5.56 Å². The Morgan fingerprint density at radius 3 is 2.64 bits per heavy atom. The van der Waals surface area contributed by atoms with Crippen LogP contribution in [0.25, 0.3) is 6.08 Å². The number of rotatable bonds is 6. The molecule has 1 heterocycles. The van der Waals surface area contributed by atoms with E-state index in [0.29, 0.717) is 21.9 Å². The van der Waals surface area contributed by atoms with Crippen molar-refractivity contribution in [2.24, 2.45) is 0 Å². The van der Waals surface area contributed by atoms with E-state index in [1.54, 1.807) is 36.4 Å². The molecule has 28 heavy (non-hydrogen) atoms. The van der Waals surface area contributed by atoms with E-state index in [-0.39, 0.29) is 24.2 Å². The van der Waals surface area contributed by atoms with Gasteiger partial charge in [-0.25, -0.2) is 4.90 Å². The maximum atomic E-state index is 12.9. The normalized spacial score (nSPS) is 15.4. The number of aryl methyl sites for hydroxylation is 1. The van der Waals surface area contributed by atoms with Crippen molar-refractivity contribution in [2.75, 3.05) is 11.5 Å². The van der Waals surface area contributed by atoms with Gasteiger partial charge in [0.25, 0.3) is 11.1 Å². The Morgan fingerprint density at radius 1 is 1.14 bits per heavy atom. The molecule has 1 fully saturated rings. The van der Waals surface area contributed by atoms with Gasteiger partial charge in [-0.3, -0.25) is 14.4 Å². The fourth-order valence-electron chi connectivity index (χ4n) is 2.77. The molecule has 0 radical (unpaired) electrons. The van der Waals surface area contributed by atoms with Crippen LogP contribution in [0.4, 0.5) is 10.5 Å². The minimum Gasteiger partial charge on any atom is -0.492 e. The topological polar surface area (TPSA) is 83.9 Å². The number of carboxylic acid groups (broad SMARTS) is 1. The average Bonchev–Trinajstić information content (AvgIpc) is 2.92. The number of hydrogen-bond donors (Lipinski definition) is 1. The van der Waals surface area contributed by atoms with Crippen molar-refractivity contribution in [1.82, 2.24) is 0 Å². The van der Waals surface area contributed by atoms with Crippen LogP contribution in [0, 0.1) is 13.8 Å². The zero-order valence-electron chi connectivity index (χ0n) is 15.5. The number of carbonyl (C=O) groups is 3. The van der Waals surface area contributed by atoms with Gasteiger partial charge in [-0.2, -0.15) is 0 Å². The summed E-state index contributed by atoms with van der Waals surface area (Å²) in [7, 11) is 0. The minimum absolute atomic E-state index is 0.0180. The quantitative estimate of drug-likeness (QED) is 0.728. The molecule has 2 aromatic rings. The first-order valence-corrected chi connectivity index (χ1v) is 9.48. The van der Waals surface area contributed by atoms with E-state index in [0.717, 1.165) is 22.9 Å². The molecule has 2 aromatic carbocycles. The van der Waals surface area contributed by atoms with Crippen molar-refractivity contribution in [3.8, 4) is 5.75 Å². The molecule has 7 heteroatoms. The summed E-state index contributed by atoms with van der Waals surface area (Å²) in [5.41, 5.74) is 3.07. The zero-order chi connectivity index (χ0) is 20.3. The summed E-state index contributed by atoms with van der Waals surface area (Å²) in [5, 5.41) is 8.40. The van der Waals surface area contributed by atoms with Crippen LogP contribution in [0.5, 0.6) is 5.75 Å². The van der Waals surface area contributed by atoms with E-state index in [1.165, 1.54) is 4.90 Å². The molecule has 1 aliphatic heterocycles. The molecule has 0 saturated carbocycles. The molecule has 0 spiro atoms. The van der Waals surface area contributed by atoms with E-state index in [2.05, 4.69) is 0 Å². The van der Waals surface area contributed by atoms with Gasteiger partial charge in [0.15, 0.2) is 0 Å². The molecule has 1 aliphatic rings. The van der Waals surface area contributed by atoms with Gasteiger partial charge >= 0.3 is 5.97 Å². The number of hydrogen-bond acceptors (Lipinski definition) is 5. The maximum absolute atomic E-state index is 12.9. The van der Waals surface area contributed by atoms with E-state index in [4.69, 9.17) is 9.84 Å². The van der Waals surface area contributed by atoms with Crippen LogP contribution in [0.15, 0.2) is 47.4 Å². The van der Waals surface area contributed by atoms with Crippen LogP contribution in [-0.2, 0) is 9.59 Å². The highest BCUT2D eigenvalue weighted by atomic mass is 32.2. The number of carboxylic acids is 1. The first-order valence-electron chi connectivity index (χ1n) is 8.66. The van der Waals surface area contributed by atoms with Crippen molar-refractivity contribution in [2.45, 2.75) is 20.3 Å². The molecule has 1 N–H and O–H groups in total. The lowest BCUT2D eigenvalue weighted by atomic mass is 10.1. The highest BCUT2D eigenvalue weighted by molar-refractivity contribution is 8.19. The molecule has 0 aliphatic carbocycles. The Kier molecular flexibility index (Phi) is 5.84. The Morgan fingerprint density at radius 2 is 1.89 bits per heavy atom. The number of nitrogens with zero attached hydrogens (tertiary/aromatic N) is 1. The van der Waals surface area contributed by atoms with E-state index in [1.807, 2.05) is 26.0 Å². The summed E-state index contributed by atoms with van der Waals surface area (Å²) >= 11 is 0.872. The van der Waals surface area contributed by atoms with Gasteiger partial charge in [0.05, 0.1) is 23.6 Å². The van der Waals surface area contributed by atoms with Crippen LogP contribution < -0.4 is 9.64 Å². The fourth-order valence-corrected chi connectivity index (χ4v) is 3.60. The lowest BCUT2D eigenvalue weighted by Crippen LogP contribution is -2.28. The monoisotopic (exact) mass is 397 g/mol. The van der Waals surface area contributed by atoms with Gasteiger partial charge in [-0.15, -0.1) is 0 Å². The molecular formula is C21H19NO5S. The molecule has 2 amide bonds. The molecule has 144 valence electrons. The Bertz CT molecular complexity index is 983. The summed E-state index contributed by atoms with van der Waals surface area (Å²) in [5.74, 6) is -0.876. The third kappa shape index (κ3) is 4.09. The molecule has 0 unspecified atom stereocenters. The number of carbonyl (C=O) groups excluding carboxylic acids is 2. The number of aliphatic carboxylic acids is 1. The smallest absolute Gasteiger partial charge is 0.306 e. The molecule has 0 aromatic heterocycles. The second-order valence-corrected chi connectivity index (χ2v) is 7.26. The zero-order valence-corrected chi connectivity index (χ0v) is 16.3. The van der Waals surface area contributed by atoms with Gasteiger partial charge in [-0.1, -0.05) is 30.3 Å². The lowest BCUT2D eigenvalue weighted by Gasteiger charge is -2.16. The van der Waals surface area contributed by atoms with Gasteiger partial charge in [0.2, 0.25) is 0 Å². The van der Waals surface area contributed by atoms with Gasteiger partial charge in [-0.05, 0) is 54.9 Å². The second kappa shape index (κ2) is 8.31. The van der Waals surface area contributed by atoms with Crippen LogP contribution in [-0.4, -0.2) is 28.8 Å². The highest BCUT2D eigenvalue weighted by Gasteiger charge is 2.37. The van der Waals surface area contributed by atoms with Crippen LogP contribution in [0.3, 0.4) is 0 Å². The SMILES string of the molecule is Cc1cccc(N2C(=O)S/C(=C/c3ccccc3OCCC(=O)O)C2=O)c1C. The fraction of sp³-hybridized carbons (Fsp3) is 0.190. The number of anilines is 1. The Balaban J connectivity index is 1.88. The highest BCUT2D eigenvalue weighted by Crippen LogP contribution is 2.38. The van der Waals surface area contributed by atoms with Crippen molar-refractivity contribution < 1.29 is 24.2 Å². The lowest BCUT2D eigenvalue weighted by molar-refractivity contribution is -0.137. The van der Waals surface area contributed by atoms with E-state index < -0.39 is 5.97 Å². The van der Waals surface area contributed by atoms with Crippen molar-refractivity contribution in [3.63, 3.8) is 0 Å². The van der Waals surface area contributed by atoms with E-state index >= 15 is 0 Å². The summed E-state index contributed by atoms with van der Waals surface area (Å²) in [6.45, 7) is 3.83. The number of para-hydroxylation sites is 1. The molecule has 6 nitrogen and oxygen atoms in total. The number of thioether (sulfide) groups is 1. The Hall–Kier alpha value is -3.06. The maximum Gasteiger partial charge on any atom is 0.306 e.